The summed E-state index contributed by atoms with van der Waals surface area (Å²) in [5, 5.41) is 0.713. The number of benzene rings is 1. The zero-order valence-electron chi connectivity index (χ0n) is 16.2. The van der Waals surface area contributed by atoms with E-state index in [0.717, 1.165) is 24.2 Å². The maximum atomic E-state index is 13.0. The lowest BCUT2D eigenvalue weighted by atomic mass is 9.97. The average Bonchev–Trinajstić information content (AvgIpc) is 3.23. The number of hydrogen-bond acceptors (Lipinski definition) is 5. The Balaban J connectivity index is 1.47. The molecular formula is C22H22ClN3O3. The van der Waals surface area contributed by atoms with Gasteiger partial charge in [-0.1, -0.05) is 29.8 Å². The number of piperidine rings is 1. The van der Waals surface area contributed by atoms with Crippen LogP contribution in [0.15, 0.2) is 53.2 Å². The summed E-state index contributed by atoms with van der Waals surface area (Å²) < 4.78 is 11.3. The highest BCUT2D eigenvalue weighted by Crippen LogP contribution is 2.29. The summed E-state index contributed by atoms with van der Waals surface area (Å²) >= 11 is 6.24. The fourth-order valence-electron chi connectivity index (χ4n) is 3.67. The van der Waals surface area contributed by atoms with Crippen molar-refractivity contribution < 1.29 is 13.9 Å². The van der Waals surface area contributed by atoms with E-state index in [4.69, 9.17) is 20.8 Å². The molecule has 1 aliphatic rings. The van der Waals surface area contributed by atoms with E-state index in [1.807, 2.05) is 29.2 Å². The van der Waals surface area contributed by atoms with Crippen LogP contribution in [0.5, 0.6) is 5.88 Å². The minimum absolute atomic E-state index is 0.0651. The number of methoxy groups -OCH3 is 1. The summed E-state index contributed by atoms with van der Waals surface area (Å²) in [5.41, 5.74) is 1.48. The molecular weight excluding hydrogens is 390 g/mol. The third-order valence-corrected chi connectivity index (χ3v) is 5.52. The van der Waals surface area contributed by atoms with Crippen LogP contribution in [0.2, 0.25) is 5.02 Å². The molecule has 6 nitrogen and oxygen atoms in total. The van der Waals surface area contributed by atoms with Crippen LogP contribution in [0.4, 0.5) is 0 Å². The van der Waals surface area contributed by atoms with Gasteiger partial charge in [-0.15, -0.1) is 0 Å². The maximum Gasteiger partial charge on any atom is 0.259 e. The minimum Gasteiger partial charge on any atom is -0.480 e. The first-order valence-corrected chi connectivity index (χ1v) is 10.00. The molecule has 150 valence electrons. The number of halogens is 1. The Morgan fingerprint density at radius 1 is 1.28 bits per heavy atom. The number of rotatable bonds is 5. The number of ether oxygens (including phenoxy) is 1. The first-order valence-electron chi connectivity index (χ1n) is 9.62. The van der Waals surface area contributed by atoms with E-state index < -0.39 is 0 Å². The molecule has 0 aliphatic carbocycles. The molecule has 1 aliphatic heterocycles. The fraction of sp³-hybridized carbons (Fsp3) is 0.318. The summed E-state index contributed by atoms with van der Waals surface area (Å²) in [7, 11) is 1.52. The standard InChI is InChI=1S/C22H22ClN3O3/c1-28-21-18(8-4-10-24-21)22(27)26-11-5-7-16(14-26)20-25-13-17(29-20)12-15-6-2-3-9-19(15)23/h2-4,6,8-10,13,16H,5,7,11-12,14H2,1H3. The Morgan fingerprint density at radius 2 is 2.14 bits per heavy atom. The number of likely N-dealkylation sites (tertiary alicyclic amines) is 1. The molecule has 0 radical (unpaired) electrons. The number of oxazole rings is 1. The van der Waals surface area contributed by atoms with E-state index >= 15 is 0 Å². The van der Waals surface area contributed by atoms with Gasteiger partial charge in [0.1, 0.15) is 11.3 Å². The van der Waals surface area contributed by atoms with Gasteiger partial charge in [0.05, 0.1) is 19.2 Å². The summed E-state index contributed by atoms with van der Waals surface area (Å²) in [4.78, 5) is 23.4. The average molecular weight is 412 g/mol. The fourth-order valence-corrected chi connectivity index (χ4v) is 3.87. The largest absolute Gasteiger partial charge is 0.480 e. The van der Waals surface area contributed by atoms with Crippen LogP contribution in [0.3, 0.4) is 0 Å². The maximum absolute atomic E-state index is 13.0. The molecule has 3 aromatic rings. The monoisotopic (exact) mass is 411 g/mol. The quantitative estimate of drug-likeness (QED) is 0.624. The molecule has 1 saturated heterocycles. The Hall–Kier alpha value is -2.86. The van der Waals surface area contributed by atoms with Gasteiger partial charge < -0.3 is 14.1 Å². The van der Waals surface area contributed by atoms with Gasteiger partial charge in [-0.25, -0.2) is 9.97 Å². The van der Waals surface area contributed by atoms with Crippen molar-refractivity contribution in [1.29, 1.82) is 0 Å². The zero-order valence-corrected chi connectivity index (χ0v) is 16.9. The van der Waals surface area contributed by atoms with E-state index in [2.05, 4.69) is 9.97 Å². The predicted octanol–water partition coefficient (Wildman–Crippen LogP) is 4.34. The van der Waals surface area contributed by atoms with Gasteiger partial charge in [-0.2, -0.15) is 0 Å². The topological polar surface area (TPSA) is 68.5 Å². The van der Waals surface area contributed by atoms with E-state index in [-0.39, 0.29) is 11.8 Å². The summed E-state index contributed by atoms with van der Waals surface area (Å²) in [6.45, 7) is 1.25. The SMILES string of the molecule is COc1ncccc1C(=O)N1CCCC(c2ncc(Cc3ccccc3Cl)o2)C1. The third-order valence-electron chi connectivity index (χ3n) is 5.15. The highest BCUT2D eigenvalue weighted by atomic mass is 35.5. The van der Waals surface area contributed by atoms with Crippen LogP contribution in [-0.4, -0.2) is 41.0 Å². The van der Waals surface area contributed by atoms with Crippen molar-refractivity contribution in [2.75, 3.05) is 20.2 Å². The lowest BCUT2D eigenvalue weighted by Gasteiger charge is -2.31. The Bertz CT molecular complexity index is 1000. The van der Waals surface area contributed by atoms with Crippen molar-refractivity contribution in [3.8, 4) is 5.88 Å². The molecule has 3 heterocycles. The normalized spacial score (nSPS) is 16.6. The molecule has 1 atom stereocenters. The van der Waals surface area contributed by atoms with Gasteiger partial charge in [0.15, 0.2) is 5.89 Å². The molecule has 1 amide bonds. The van der Waals surface area contributed by atoms with E-state index in [9.17, 15) is 4.79 Å². The Morgan fingerprint density at radius 3 is 2.97 bits per heavy atom. The summed E-state index contributed by atoms with van der Waals surface area (Å²) in [5.74, 6) is 1.77. The second-order valence-corrected chi connectivity index (χ2v) is 7.49. The van der Waals surface area contributed by atoms with E-state index in [0.29, 0.717) is 41.9 Å². The lowest BCUT2D eigenvalue weighted by Crippen LogP contribution is -2.39. The molecule has 29 heavy (non-hydrogen) atoms. The molecule has 1 aromatic carbocycles. The van der Waals surface area contributed by atoms with Crippen LogP contribution in [0, 0.1) is 0 Å². The van der Waals surface area contributed by atoms with Gasteiger partial charge in [0.2, 0.25) is 5.88 Å². The number of amides is 1. The minimum atomic E-state index is -0.0810. The van der Waals surface area contributed by atoms with Crippen molar-refractivity contribution in [2.24, 2.45) is 0 Å². The van der Waals surface area contributed by atoms with Crippen LogP contribution < -0.4 is 4.74 Å². The lowest BCUT2D eigenvalue weighted by molar-refractivity contribution is 0.0693. The smallest absolute Gasteiger partial charge is 0.259 e. The van der Waals surface area contributed by atoms with Gasteiger partial charge in [0, 0.05) is 30.7 Å². The summed E-state index contributed by atoms with van der Waals surface area (Å²) in [6.07, 6.45) is 5.78. The molecule has 1 fully saturated rings. The van der Waals surface area contributed by atoms with Gasteiger partial charge in [-0.3, -0.25) is 4.79 Å². The number of pyridine rings is 1. The van der Waals surface area contributed by atoms with Crippen molar-refractivity contribution in [3.05, 3.63) is 76.6 Å². The molecule has 1 unspecified atom stereocenters. The second kappa shape index (κ2) is 8.66. The molecule has 4 rings (SSSR count). The number of carbonyl (C=O) groups is 1. The van der Waals surface area contributed by atoms with Gasteiger partial charge >= 0.3 is 0 Å². The van der Waals surface area contributed by atoms with Crippen molar-refractivity contribution >= 4 is 17.5 Å². The van der Waals surface area contributed by atoms with Crippen LogP contribution in [0.1, 0.15) is 46.3 Å². The van der Waals surface area contributed by atoms with Crippen molar-refractivity contribution in [3.63, 3.8) is 0 Å². The molecule has 7 heteroatoms. The first kappa shape index (κ1) is 19.5. The first-order chi connectivity index (χ1) is 14.2. The number of hydrogen-bond donors (Lipinski definition) is 0. The van der Waals surface area contributed by atoms with Crippen LogP contribution in [0.25, 0.3) is 0 Å². The summed E-state index contributed by atoms with van der Waals surface area (Å²) in [6, 6.07) is 11.2. The molecule has 2 aromatic heterocycles. The third kappa shape index (κ3) is 4.27. The molecule has 0 spiro atoms. The Kier molecular flexibility index (Phi) is 5.81. The second-order valence-electron chi connectivity index (χ2n) is 7.08. The number of carbonyl (C=O) groups excluding carboxylic acids is 1. The van der Waals surface area contributed by atoms with Gasteiger partial charge in [0.25, 0.3) is 5.91 Å². The van der Waals surface area contributed by atoms with E-state index in [1.165, 1.54) is 7.11 Å². The zero-order chi connectivity index (χ0) is 20.2. The predicted molar refractivity (Wildman–Crippen MR) is 109 cm³/mol. The van der Waals surface area contributed by atoms with Crippen LogP contribution in [-0.2, 0) is 6.42 Å². The van der Waals surface area contributed by atoms with Gasteiger partial charge in [-0.05, 0) is 36.6 Å². The highest BCUT2D eigenvalue weighted by molar-refractivity contribution is 6.31. The van der Waals surface area contributed by atoms with Crippen molar-refractivity contribution in [2.45, 2.75) is 25.2 Å². The number of aromatic nitrogens is 2. The molecule has 0 saturated carbocycles. The molecule has 0 bridgehead atoms. The van der Waals surface area contributed by atoms with Crippen LogP contribution >= 0.6 is 11.6 Å². The highest BCUT2D eigenvalue weighted by Gasteiger charge is 2.29. The van der Waals surface area contributed by atoms with E-state index in [1.54, 1.807) is 24.5 Å². The number of nitrogens with zero attached hydrogens (tertiary/aromatic N) is 3. The van der Waals surface area contributed by atoms with Crippen molar-refractivity contribution in [1.82, 2.24) is 14.9 Å². The molecule has 0 N–H and O–H groups in total. The Labute approximate surface area is 174 Å².